The SMILES string of the molecule is O=C(O)c1ccc(-c2ccc(/C=C3/SC(=S)N(c4ccc([N+](=O)[O-])cc4)C3=O)o2)cc1Cl. The third kappa shape index (κ3) is 4.15. The van der Waals surface area contributed by atoms with Crippen molar-refractivity contribution in [2.24, 2.45) is 0 Å². The standard InChI is InChI=1S/C21H11ClN2O6S2/c22-16-9-11(1-7-15(16)20(26)27)17-8-6-14(30-17)10-18-19(25)23(21(31)32-18)12-2-4-13(5-3-12)24(28)29/h1-10H,(H,26,27)/b18-10+. The highest BCUT2D eigenvalue weighted by Gasteiger charge is 2.33. The molecule has 1 N–H and O–H groups in total. The Morgan fingerprint density at radius 3 is 2.53 bits per heavy atom. The van der Waals surface area contributed by atoms with Crippen molar-refractivity contribution in [2.75, 3.05) is 4.90 Å². The molecule has 3 aromatic rings. The summed E-state index contributed by atoms with van der Waals surface area (Å²) in [6.45, 7) is 0. The van der Waals surface area contributed by atoms with Gasteiger partial charge in [0.1, 0.15) is 11.5 Å². The molecule has 11 heteroatoms. The zero-order chi connectivity index (χ0) is 23.0. The van der Waals surface area contributed by atoms with Gasteiger partial charge in [-0.15, -0.1) is 0 Å². The highest BCUT2D eigenvalue weighted by molar-refractivity contribution is 8.27. The number of carbonyl (C=O) groups is 2. The van der Waals surface area contributed by atoms with Gasteiger partial charge in [-0.2, -0.15) is 0 Å². The molecule has 1 saturated heterocycles. The maximum Gasteiger partial charge on any atom is 0.337 e. The molecule has 0 atom stereocenters. The molecule has 0 unspecified atom stereocenters. The number of nitrogens with zero attached hydrogens (tertiary/aromatic N) is 2. The molecule has 2 heterocycles. The second-order valence-electron chi connectivity index (χ2n) is 6.49. The van der Waals surface area contributed by atoms with Crippen molar-refractivity contribution >= 4 is 69.2 Å². The molecule has 1 amide bonds. The lowest BCUT2D eigenvalue weighted by Gasteiger charge is -2.13. The molecule has 8 nitrogen and oxygen atoms in total. The molecule has 1 fully saturated rings. The van der Waals surface area contributed by atoms with E-state index in [1.54, 1.807) is 24.3 Å². The van der Waals surface area contributed by atoms with E-state index >= 15 is 0 Å². The predicted molar refractivity (Wildman–Crippen MR) is 125 cm³/mol. The van der Waals surface area contributed by atoms with E-state index in [9.17, 15) is 19.7 Å². The van der Waals surface area contributed by atoms with Crippen LogP contribution in [0.15, 0.2) is 63.9 Å². The largest absolute Gasteiger partial charge is 0.478 e. The third-order valence-corrected chi connectivity index (χ3v) is 6.11. The number of carboxylic acids is 1. The van der Waals surface area contributed by atoms with Gasteiger partial charge in [-0.1, -0.05) is 41.6 Å². The lowest BCUT2D eigenvalue weighted by Crippen LogP contribution is -2.27. The van der Waals surface area contributed by atoms with Crippen LogP contribution in [0.25, 0.3) is 17.4 Å². The molecule has 1 aliphatic heterocycles. The number of benzene rings is 2. The second-order valence-corrected chi connectivity index (χ2v) is 8.58. The van der Waals surface area contributed by atoms with E-state index in [4.69, 9.17) is 33.3 Å². The number of anilines is 1. The van der Waals surface area contributed by atoms with Crippen molar-refractivity contribution in [3.63, 3.8) is 0 Å². The Morgan fingerprint density at radius 1 is 1.19 bits per heavy atom. The Kier molecular flexibility index (Phi) is 5.83. The number of halogens is 1. The lowest BCUT2D eigenvalue weighted by molar-refractivity contribution is -0.384. The number of nitro benzene ring substituents is 1. The molecule has 4 rings (SSSR count). The van der Waals surface area contributed by atoms with Crippen LogP contribution in [0.2, 0.25) is 5.02 Å². The number of thiocarbonyl (C=S) groups is 1. The number of nitro groups is 1. The third-order valence-electron chi connectivity index (χ3n) is 4.50. The number of carboxylic acid groups (broad SMARTS) is 1. The predicted octanol–water partition coefficient (Wildman–Crippen LogP) is 5.61. The number of aromatic carboxylic acids is 1. The van der Waals surface area contributed by atoms with Gasteiger partial charge in [-0.25, -0.2) is 4.79 Å². The highest BCUT2D eigenvalue weighted by Crippen LogP contribution is 2.37. The number of furan rings is 1. The van der Waals surface area contributed by atoms with Gasteiger partial charge >= 0.3 is 5.97 Å². The van der Waals surface area contributed by atoms with Crippen LogP contribution in [0.3, 0.4) is 0 Å². The summed E-state index contributed by atoms with van der Waals surface area (Å²) in [5.41, 5.74) is 0.902. The fourth-order valence-corrected chi connectivity index (χ4v) is 4.51. The molecule has 1 aliphatic rings. The Balaban J connectivity index is 1.57. The van der Waals surface area contributed by atoms with Gasteiger partial charge in [0, 0.05) is 23.8 Å². The van der Waals surface area contributed by atoms with Gasteiger partial charge in [0.15, 0.2) is 4.32 Å². The molecule has 0 aliphatic carbocycles. The van der Waals surface area contributed by atoms with E-state index in [2.05, 4.69) is 0 Å². The molecule has 32 heavy (non-hydrogen) atoms. The van der Waals surface area contributed by atoms with Gasteiger partial charge in [0.05, 0.1) is 26.1 Å². The molecule has 2 aromatic carbocycles. The summed E-state index contributed by atoms with van der Waals surface area (Å²) in [4.78, 5) is 35.9. The normalized spacial score (nSPS) is 14.9. The summed E-state index contributed by atoms with van der Waals surface area (Å²) in [7, 11) is 0. The molecule has 0 radical (unpaired) electrons. The van der Waals surface area contributed by atoms with Crippen molar-refractivity contribution in [1.82, 2.24) is 0 Å². The smallest absolute Gasteiger partial charge is 0.337 e. The van der Waals surface area contributed by atoms with Crippen LogP contribution >= 0.6 is 35.6 Å². The van der Waals surface area contributed by atoms with Crippen molar-refractivity contribution in [2.45, 2.75) is 0 Å². The fraction of sp³-hybridized carbons (Fsp3) is 0. The minimum absolute atomic E-state index is 0.0166. The number of carbonyl (C=O) groups excluding carboxylic acids is 1. The molecule has 0 saturated carbocycles. The highest BCUT2D eigenvalue weighted by atomic mass is 35.5. The minimum Gasteiger partial charge on any atom is -0.478 e. The van der Waals surface area contributed by atoms with E-state index in [1.165, 1.54) is 41.3 Å². The molecule has 0 spiro atoms. The van der Waals surface area contributed by atoms with Gasteiger partial charge in [0.2, 0.25) is 0 Å². The van der Waals surface area contributed by atoms with E-state index in [0.29, 0.717) is 27.7 Å². The Labute approximate surface area is 195 Å². The number of thioether (sulfide) groups is 1. The van der Waals surface area contributed by atoms with Gasteiger partial charge < -0.3 is 9.52 Å². The zero-order valence-corrected chi connectivity index (χ0v) is 18.2. The summed E-state index contributed by atoms with van der Waals surface area (Å²) in [5.74, 6) is -0.666. The summed E-state index contributed by atoms with van der Waals surface area (Å²) in [6, 6.07) is 13.3. The first-order chi connectivity index (χ1) is 15.2. The number of amides is 1. The van der Waals surface area contributed by atoms with E-state index < -0.39 is 10.9 Å². The summed E-state index contributed by atoms with van der Waals surface area (Å²) in [5, 5.41) is 20.0. The van der Waals surface area contributed by atoms with E-state index in [0.717, 1.165) is 11.8 Å². The van der Waals surface area contributed by atoms with Crippen LogP contribution in [0, 0.1) is 10.1 Å². The van der Waals surface area contributed by atoms with Crippen molar-refractivity contribution < 1.29 is 24.0 Å². The number of non-ortho nitro benzene ring substituents is 1. The number of hydrogen-bond donors (Lipinski definition) is 1. The Morgan fingerprint density at radius 2 is 1.91 bits per heavy atom. The molecule has 160 valence electrons. The molecular weight excluding hydrogens is 476 g/mol. The number of rotatable bonds is 5. The van der Waals surface area contributed by atoms with Gasteiger partial charge in [-0.3, -0.25) is 19.8 Å². The fourth-order valence-electron chi connectivity index (χ4n) is 2.97. The molecule has 0 bridgehead atoms. The second kappa shape index (κ2) is 8.58. The van der Waals surface area contributed by atoms with Gasteiger partial charge in [0.25, 0.3) is 11.6 Å². The van der Waals surface area contributed by atoms with Crippen LogP contribution in [-0.2, 0) is 4.79 Å². The summed E-state index contributed by atoms with van der Waals surface area (Å²) < 4.78 is 6.06. The first-order valence-electron chi connectivity index (χ1n) is 8.90. The van der Waals surface area contributed by atoms with Crippen LogP contribution in [0.1, 0.15) is 16.1 Å². The zero-order valence-electron chi connectivity index (χ0n) is 15.9. The monoisotopic (exact) mass is 486 g/mol. The van der Waals surface area contributed by atoms with Crippen LogP contribution in [0.5, 0.6) is 0 Å². The van der Waals surface area contributed by atoms with Gasteiger partial charge in [-0.05, 0) is 36.4 Å². The van der Waals surface area contributed by atoms with Crippen LogP contribution < -0.4 is 4.90 Å². The molecular formula is C21H11ClN2O6S2. The molecule has 1 aromatic heterocycles. The maximum atomic E-state index is 12.9. The van der Waals surface area contributed by atoms with Crippen molar-refractivity contribution in [1.29, 1.82) is 0 Å². The quantitative estimate of drug-likeness (QED) is 0.214. The van der Waals surface area contributed by atoms with Crippen LogP contribution in [0.4, 0.5) is 11.4 Å². The summed E-state index contributed by atoms with van der Waals surface area (Å²) in [6.07, 6.45) is 1.54. The summed E-state index contributed by atoms with van der Waals surface area (Å²) >= 11 is 12.4. The average molecular weight is 487 g/mol. The maximum absolute atomic E-state index is 12.9. The van der Waals surface area contributed by atoms with E-state index in [-0.39, 0.29) is 26.5 Å². The van der Waals surface area contributed by atoms with Crippen molar-refractivity contribution in [3.8, 4) is 11.3 Å². The Hall–Kier alpha value is -3.47. The Bertz CT molecular complexity index is 1320. The average Bonchev–Trinajstić information content (AvgIpc) is 3.32. The minimum atomic E-state index is -1.13. The van der Waals surface area contributed by atoms with Crippen molar-refractivity contribution in [3.05, 3.63) is 86.0 Å². The lowest BCUT2D eigenvalue weighted by atomic mass is 10.1. The van der Waals surface area contributed by atoms with Crippen LogP contribution in [-0.4, -0.2) is 26.2 Å². The first-order valence-corrected chi connectivity index (χ1v) is 10.5. The number of hydrogen-bond acceptors (Lipinski definition) is 7. The van der Waals surface area contributed by atoms with E-state index in [1.807, 2.05) is 0 Å². The first kappa shape index (κ1) is 21.8. The topological polar surface area (TPSA) is 114 Å².